The van der Waals surface area contributed by atoms with Crippen molar-refractivity contribution in [3.63, 3.8) is 0 Å². The first-order valence-electron chi connectivity index (χ1n) is 5.88. The zero-order valence-corrected chi connectivity index (χ0v) is 11.0. The summed E-state index contributed by atoms with van der Waals surface area (Å²) in [6.07, 6.45) is 3.75. The molecule has 2 aromatic heterocycles. The van der Waals surface area contributed by atoms with Gasteiger partial charge in [-0.15, -0.1) is 11.3 Å². The van der Waals surface area contributed by atoms with Crippen molar-refractivity contribution < 1.29 is 0 Å². The highest BCUT2D eigenvalue weighted by Gasteiger charge is 2.00. The fourth-order valence-electron chi connectivity index (χ4n) is 1.64. The van der Waals surface area contributed by atoms with Crippen molar-refractivity contribution in [2.45, 2.75) is 33.2 Å². The molecule has 0 saturated carbocycles. The van der Waals surface area contributed by atoms with Crippen LogP contribution in [0, 0.1) is 6.92 Å². The molecule has 0 aliphatic rings. The number of nitrogens with one attached hydrogen (secondary N) is 1. The van der Waals surface area contributed by atoms with Crippen LogP contribution in [-0.4, -0.2) is 9.97 Å². The maximum absolute atomic E-state index is 4.24. The number of rotatable bonds is 5. The Morgan fingerprint density at radius 3 is 2.88 bits per heavy atom. The number of thiophene rings is 1. The van der Waals surface area contributed by atoms with Crippen molar-refractivity contribution in [3.05, 3.63) is 40.0 Å². The molecular weight excluding hydrogens is 230 g/mol. The first-order valence-corrected chi connectivity index (χ1v) is 6.69. The molecule has 0 spiro atoms. The summed E-state index contributed by atoms with van der Waals surface area (Å²) in [5, 5.41) is 3.33. The van der Waals surface area contributed by atoms with Crippen LogP contribution in [0.2, 0.25) is 0 Å². The van der Waals surface area contributed by atoms with Gasteiger partial charge in [-0.05, 0) is 25.5 Å². The molecule has 0 aliphatic carbocycles. The molecule has 0 fully saturated rings. The molecule has 4 heteroatoms. The molecule has 1 N–H and O–H groups in total. The van der Waals surface area contributed by atoms with E-state index in [1.807, 2.05) is 17.4 Å². The lowest BCUT2D eigenvalue weighted by Gasteiger charge is -2.05. The minimum atomic E-state index is 0.834. The maximum atomic E-state index is 4.24. The van der Waals surface area contributed by atoms with Gasteiger partial charge in [0.2, 0.25) is 0 Å². The number of aromatic nitrogens is 2. The van der Waals surface area contributed by atoms with Crippen molar-refractivity contribution in [2.24, 2.45) is 0 Å². The number of anilines is 1. The SMILES string of the molecule is CCCc1cc(NCc2ccc(C)s2)ncn1. The van der Waals surface area contributed by atoms with Gasteiger partial charge in [-0.25, -0.2) is 9.97 Å². The van der Waals surface area contributed by atoms with Gasteiger partial charge in [0.15, 0.2) is 0 Å². The average molecular weight is 247 g/mol. The second-order valence-electron chi connectivity index (χ2n) is 4.01. The van der Waals surface area contributed by atoms with Crippen molar-refractivity contribution in [1.29, 1.82) is 0 Å². The normalized spacial score (nSPS) is 10.5. The van der Waals surface area contributed by atoms with E-state index in [1.165, 1.54) is 9.75 Å². The van der Waals surface area contributed by atoms with E-state index in [4.69, 9.17) is 0 Å². The molecule has 17 heavy (non-hydrogen) atoms. The minimum Gasteiger partial charge on any atom is -0.365 e. The van der Waals surface area contributed by atoms with E-state index in [0.717, 1.165) is 30.9 Å². The van der Waals surface area contributed by atoms with Gasteiger partial charge in [-0.3, -0.25) is 0 Å². The molecule has 2 aromatic rings. The highest BCUT2D eigenvalue weighted by molar-refractivity contribution is 7.11. The van der Waals surface area contributed by atoms with Gasteiger partial charge in [-0.1, -0.05) is 13.3 Å². The Morgan fingerprint density at radius 1 is 1.29 bits per heavy atom. The number of aryl methyl sites for hydroxylation is 2. The third kappa shape index (κ3) is 3.53. The van der Waals surface area contributed by atoms with E-state index >= 15 is 0 Å². The van der Waals surface area contributed by atoms with Crippen LogP contribution in [0.15, 0.2) is 24.5 Å². The predicted molar refractivity (Wildman–Crippen MR) is 72.4 cm³/mol. The second-order valence-corrected chi connectivity index (χ2v) is 5.38. The number of nitrogens with zero attached hydrogens (tertiary/aromatic N) is 2. The monoisotopic (exact) mass is 247 g/mol. The van der Waals surface area contributed by atoms with Crippen molar-refractivity contribution in [1.82, 2.24) is 9.97 Å². The Bertz CT molecular complexity index is 479. The lowest BCUT2D eigenvalue weighted by molar-refractivity contribution is 0.871. The Balaban J connectivity index is 1.96. The van der Waals surface area contributed by atoms with E-state index < -0.39 is 0 Å². The van der Waals surface area contributed by atoms with Crippen LogP contribution in [0.1, 0.15) is 28.8 Å². The summed E-state index contributed by atoms with van der Waals surface area (Å²) in [5.74, 6) is 0.912. The number of hydrogen-bond acceptors (Lipinski definition) is 4. The molecule has 0 aromatic carbocycles. The smallest absolute Gasteiger partial charge is 0.129 e. The fourth-order valence-corrected chi connectivity index (χ4v) is 2.47. The van der Waals surface area contributed by atoms with Crippen LogP contribution in [0.4, 0.5) is 5.82 Å². The highest BCUT2D eigenvalue weighted by Crippen LogP contribution is 2.16. The summed E-state index contributed by atoms with van der Waals surface area (Å²) in [6, 6.07) is 6.33. The molecule has 0 amide bonds. The van der Waals surface area contributed by atoms with Gasteiger partial charge in [0.05, 0.1) is 6.54 Å². The van der Waals surface area contributed by atoms with E-state index in [-0.39, 0.29) is 0 Å². The molecule has 0 bridgehead atoms. The van der Waals surface area contributed by atoms with Crippen LogP contribution >= 0.6 is 11.3 Å². The third-order valence-corrected chi connectivity index (χ3v) is 3.47. The molecule has 3 nitrogen and oxygen atoms in total. The van der Waals surface area contributed by atoms with Crippen molar-refractivity contribution in [3.8, 4) is 0 Å². The molecule has 0 atom stereocenters. The minimum absolute atomic E-state index is 0.834. The summed E-state index contributed by atoms with van der Waals surface area (Å²) >= 11 is 1.82. The molecule has 90 valence electrons. The van der Waals surface area contributed by atoms with E-state index in [9.17, 15) is 0 Å². The predicted octanol–water partition coefficient (Wildman–Crippen LogP) is 3.41. The molecular formula is C13H17N3S. The molecule has 2 rings (SSSR count). The van der Waals surface area contributed by atoms with Crippen LogP contribution in [0.25, 0.3) is 0 Å². The second kappa shape index (κ2) is 5.77. The first-order chi connectivity index (χ1) is 8.28. The third-order valence-electron chi connectivity index (χ3n) is 2.47. The van der Waals surface area contributed by atoms with Crippen LogP contribution in [0.5, 0.6) is 0 Å². The first kappa shape index (κ1) is 12.0. The Hall–Kier alpha value is -1.42. The standard InChI is InChI=1S/C13H17N3S/c1-3-4-11-7-13(16-9-15-11)14-8-12-6-5-10(2)17-12/h5-7,9H,3-4,8H2,1-2H3,(H,14,15,16). The van der Waals surface area contributed by atoms with Gasteiger partial charge in [0.25, 0.3) is 0 Å². The van der Waals surface area contributed by atoms with Gasteiger partial charge >= 0.3 is 0 Å². The Kier molecular flexibility index (Phi) is 4.09. The molecule has 2 heterocycles. The maximum Gasteiger partial charge on any atom is 0.129 e. The van der Waals surface area contributed by atoms with Gasteiger partial charge in [0, 0.05) is 21.5 Å². The molecule has 0 radical (unpaired) electrons. The lowest BCUT2D eigenvalue weighted by Crippen LogP contribution is -2.01. The van der Waals surface area contributed by atoms with Crippen molar-refractivity contribution >= 4 is 17.2 Å². The molecule has 0 aliphatic heterocycles. The average Bonchev–Trinajstić information content (AvgIpc) is 2.74. The number of hydrogen-bond donors (Lipinski definition) is 1. The highest BCUT2D eigenvalue weighted by atomic mass is 32.1. The van der Waals surface area contributed by atoms with E-state index in [1.54, 1.807) is 6.33 Å². The summed E-state index contributed by atoms with van der Waals surface area (Å²) in [5.41, 5.74) is 1.10. The van der Waals surface area contributed by atoms with Crippen LogP contribution < -0.4 is 5.32 Å². The van der Waals surface area contributed by atoms with Gasteiger partial charge in [-0.2, -0.15) is 0 Å². The molecule has 0 unspecified atom stereocenters. The summed E-state index contributed by atoms with van der Waals surface area (Å²) in [6.45, 7) is 5.11. The van der Waals surface area contributed by atoms with Crippen molar-refractivity contribution in [2.75, 3.05) is 5.32 Å². The molecule has 0 saturated heterocycles. The quantitative estimate of drug-likeness (QED) is 0.879. The zero-order valence-electron chi connectivity index (χ0n) is 10.2. The van der Waals surface area contributed by atoms with E-state index in [0.29, 0.717) is 0 Å². The Morgan fingerprint density at radius 2 is 2.18 bits per heavy atom. The zero-order chi connectivity index (χ0) is 12.1. The van der Waals surface area contributed by atoms with Crippen LogP contribution in [-0.2, 0) is 13.0 Å². The lowest BCUT2D eigenvalue weighted by atomic mass is 10.2. The van der Waals surface area contributed by atoms with Gasteiger partial charge in [0.1, 0.15) is 12.1 Å². The summed E-state index contributed by atoms with van der Waals surface area (Å²) in [4.78, 5) is 11.1. The fraction of sp³-hybridized carbons (Fsp3) is 0.385. The van der Waals surface area contributed by atoms with E-state index in [2.05, 4.69) is 41.3 Å². The summed E-state index contributed by atoms with van der Waals surface area (Å²) < 4.78 is 0. The summed E-state index contributed by atoms with van der Waals surface area (Å²) in [7, 11) is 0. The Labute approximate surface area is 106 Å². The van der Waals surface area contributed by atoms with Gasteiger partial charge < -0.3 is 5.32 Å². The topological polar surface area (TPSA) is 37.8 Å². The largest absolute Gasteiger partial charge is 0.365 e. The van der Waals surface area contributed by atoms with Crippen LogP contribution in [0.3, 0.4) is 0 Å².